The Morgan fingerprint density at radius 1 is 1.09 bits per heavy atom. The molecule has 5 heteroatoms. The van der Waals surface area contributed by atoms with Crippen LogP contribution in [0, 0.1) is 6.92 Å². The van der Waals surface area contributed by atoms with Crippen molar-refractivity contribution < 1.29 is 9.90 Å². The lowest BCUT2D eigenvalue weighted by atomic mass is 9.87. The molecule has 0 unspecified atom stereocenters. The summed E-state index contributed by atoms with van der Waals surface area (Å²) in [5.74, 6) is -0.963. The normalized spacial score (nSPS) is 12.3. The van der Waals surface area contributed by atoms with Crippen LogP contribution in [0.2, 0.25) is 5.02 Å². The minimum atomic E-state index is -0.963. The monoisotopic (exact) mass is 442 g/mol. The van der Waals surface area contributed by atoms with Gasteiger partial charge in [0.05, 0.1) is 0 Å². The molecule has 0 bridgehead atoms. The summed E-state index contributed by atoms with van der Waals surface area (Å²) >= 11 is 6.23. The molecule has 32 heavy (non-hydrogen) atoms. The lowest BCUT2D eigenvalue weighted by molar-refractivity contribution is -0.131. The Balaban J connectivity index is 1.93. The average Bonchev–Trinajstić information content (AvgIpc) is 3.25. The number of rotatable bonds is 6. The largest absolute Gasteiger partial charge is 0.478 e. The number of carboxylic acid groups (broad SMARTS) is 1. The number of nitrogens with zero attached hydrogens (tertiary/aromatic N) is 2. The number of hydrogen-bond acceptors (Lipinski definition) is 2. The fourth-order valence-electron chi connectivity index (χ4n) is 3.98. The van der Waals surface area contributed by atoms with Crippen molar-refractivity contribution in [2.45, 2.75) is 20.3 Å². The molecule has 2 aromatic carbocycles. The number of carbonyl (C=O) groups is 1. The van der Waals surface area contributed by atoms with Gasteiger partial charge in [-0.1, -0.05) is 48.9 Å². The van der Waals surface area contributed by atoms with Gasteiger partial charge in [-0.2, -0.15) is 0 Å². The summed E-state index contributed by atoms with van der Waals surface area (Å²) in [7, 11) is 0. The number of aliphatic carboxylic acids is 1. The number of halogens is 1. The van der Waals surface area contributed by atoms with Crippen LogP contribution < -0.4 is 0 Å². The third-order valence-corrected chi connectivity index (χ3v) is 5.70. The number of aromatic nitrogens is 2. The SMILES string of the molecule is CCC(=C(c1ccc(C=CC(=O)O)cc1)c1ccc2nccn2c1)c1ccc(Cl)cc1C. The number of carboxylic acids is 1. The summed E-state index contributed by atoms with van der Waals surface area (Å²) in [6.45, 7) is 4.23. The van der Waals surface area contributed by atoms with E-state index in [-0.39, 0.29) is 0 Å². The topological polar surface area (TPSA) is 54.6 Å². The smallest absolute Gasteiger partial charge is 0.328 e. The Hall–Kier alpha value is -3.63. The fourth-order valence-corrected chi connectivity index (χ4v) is 4.21. The lowest BCUT2D eigenvalue weighted by Crippen LogP contribution is -1.98. The summed E-state index contributed by atoms with van der Waals surface area (Å²) in [4.78, 5) is 15.2. The first-order valence-corrected chi connectivity index (χ1v) is 10.8. The molecule has 0 atom stereocenters. The van der Waals surface area contributed by atoms with Crippen molar-refractivity contribution in [1.29, 1.82) is 0 Å². The van der Waals surface area contributed by atoms with E-state index in [0.717, 1.165) is 56.6 Å². The second-order valence-corrected chi connectivity index (χ2v) is 8.01. The van der Waals surface area contributed by atoms with Gasteiger partial charge in [-0.05, 0) is 82.6 Å². The summed E-state index contributed by atoms with van der Waals surface area (Å²) in [6, 6.07) is 18.1. The maximum atomic E-state index is 10.8. The highest BCUT2D eigenvalue weighted by molar-refractivity contribution is 6.30. The number of imidazole rings is 1. The molecule has 4 nitrogen and oxygen atoms in total. The van der Waals surface area contributed by atoms with Crippen LogP contribution in [-0.4, -0.2) is 20.5 Å². The van der Waals surface area contributed by atoms with E-state index in [2.05, 4.69) is 37.2 Å². The third-order valence-electron chi connectivity index (χ3n) is 5.46. The highest BCUT2D eigenvalue weighted by Crippen LogP contribution is 2.36. The molecule has 0 spiro atoms. The second-order valence-electron chi connectivity index (χ2n) is 7.57. The highest BCUT2D eigenvalue weighted by Gasteiger charge is 2.15. The lowest BCUT2D eigenvalue weighted by Gasteiger charge is -2.18. The zero-order valence-electron chi connectivity index (χ0n) is 17.9. The summed E-state index contributed by atoms with van der Waals surface area (Å²) in [5.41, 5.74) is 8.49. The van der Waals surface area contributed by atoms with Crippen molar-refractivity contribution >= 4 is 40.4 Å². The number of benzene rings is 2. The number of fused-ring (bicyclic) bond motifs is 1. The van der Waals surface area contributed by atoms with Gasteiger partial charge in [0.1, 0.15) is 5.65 Å². The van der Waals surface area contributed by atoms with Gasteiger partial charge in [0.15, 0.2) is 0 Å². The van der Waals surface area contributed by atoms with E-state index in [1.54, 1.807) is 12.3 Å². The molecule has 2 aromatic heterocycles. The van der Waals surface area contributed by atoms with Gasteiger partial charge >= 0.3 is 5.97 Å². The molecule has 0 aliphatic rings. The first kappa shape index (κ1) is 21.6. The molecule has 0 saturated heterocycles. The van der Waals surface area contributed by atoms with Gasteiger partial charge in [-0.15, -0.1) is 0 Å². The minimum absolute atomic E-state index is 0.720. The summed E-state index contributed by atoms with van der Waals surface area (Å²) in [6.07, 6.45) is 9.40. The van der Waals surface area contributed by atoms with E-state index in [1.165, 1.54) is 5.57 Å². The van der Waals surface area contributed by atoms with E-state index in [0.29, 0.717) is 0 Å². The van der Waals surface area contributed by atoms with Gasteiger partial charge in [-0.25, -0.2) is 9.78 Å². The molecular weight excluding hydrogens is 420 g/mol. The molecule has 4 rings (SSSR count). The van der Waals surface area contributed by atoms with Crippen molar-refractivity contribution in [3.05, 3.63) is 112 Å². The Morgan fingerprint density at radius 3 is 2.53 bits per heavy atom. The molecule has 0 radical (unpaired) electrons. The number of pyridine rings is 1. The zero-order valence-corrected chi connectivity index (χ0v) is 18.7. The molecule has 0 amide bonds. The number of allylic oxidation sites excluding steroid dienone is 1. The van der Waals surface area contributed by atoms with E-state index >= 15 is 0 Å². The molecule has 4 aromatic rings. The summed E-state index contributed by atoms with van der Waals surface area (Å²) < 4.78 is 2.02. The van der Waals surface area contributed by atoms with Crippen molar-refractivity contribution in [3.63, 3.8) is 0 Å². The van der Waals surface area contributed by atoms with Gasteiger partial charge < -0.3 is 9.51 Å². The Labute approximate surface area is 192 Å². The maximum absolute atomic E-state index is 10.8. The van der Waals surface area contributed by atoms with Gasteiger partial charge in [0.2, 0.25) is 0 Å². The van der Waals surface area contributed by atoms with Crippen LogP contribution in [0.3, 0.4) is 0 Å². The van der Waals surface area contributed by atoms with E-state index < -0.39 is 5.97 Å². The first-order valence-electron chi connectivity index (χ1n) is 10.4. The standard InChI is InChI=1S/C27H23ClN2O2/c1-3-23(24-11-10-22(28)16-18(24)2)27(21-9-12-25-29-14-15-30(25)17-21)20-7-4-19(5-8-20)6-13-26(31)32/h4-17H,3H2,1-2H3,(H,31,32). The number of hydrogen-bond donors (Lipinski definition) is 1. The van der Waals surface area contributed by atoms with Crippen LogP contribution in [0.5, 0.6) is 0 Å². The number of aryl methyl sites for hydroxylation is 1. The average molecular weight is 443 g/mol. The van der Waals surface area contributed by atoms with Crippen LogP contribution in [0.25, 0.3) is 22.9 Å². The van der Waals surface area contributed by atoms with E-state index in [4.69, 9.17) is 16.7 Å². The van der Waals surface area contributed by atoms with Crippen molar-refractivity contribution in [1.82, 2.24) is 9.38 Å². The van der Waals surface area contributed by atoms with Crippen LogP contribution >= 0.6 is 11.6 Å². The van der Waals surface area contributed by atoms with Crippen LogP contribution in [0.4, 0.5) is 0 Å². The zero-order chi connectivity index (χ0) is 22.7. The maximum Gasteiger partial charge on any atom is 0.328 e. The van der Waals surface area contributed by atoms with Crippen molar-refractivity contribution in [2.24, 2.45) is 0 Å². The van der Waals surface area contributed by atoms with Crippen molar-refractivity contribution in [3.8, 4) is 0 Å². The molecule has 0 fully saturated rings. The molecule has 0 aliphatic carbocycles. The fraction of sp³-hybridized carbons (Fsp3) is 0.111. The quantitative estimate of drug-likeness (QED) is 0.265. The third kappa shape index (κ3) is 4.51. The highest BCUT2D eigenvalue weighted by atomic mass is 35.5. The van der Waals surface area contributed by atoms with E-state index in [1.807, 2.05) is 53.1 Å². The molecule has 2 heterocycles. The van der Waals surface area contributed by atoms with Crippen molar-refractivity contribution in [2.75, 3.05) is 0 Å². The molecule has 160 valence electrons. The molecule has 1 N–H and O–H groups in total. The Morgan fingerprint density at radius 2 is 1.84 bits per heavy atom. The van der Waals surface area contributed by atoms with Crippen LogP contribution in [-0.2, 0) is 4.79 Å². The molecule has 0 saturated carbocycles. The van der Waals surface area contributed by atoms with Gasteiger partial charge in [0, 0.05) is 29.7 Å². The first-order chi connectivity index (χ1) is 15.5. The predicted molar refractivity (Wildman–Crippen MR) is 131 cm³/mol. The minimum Gasteiger partial charge on any atom is -0.478 e. The second kappa shape index (κ2) is 9.25. The molecule has 0 aliphatic heterocycles. The van der Waals surface area contributed by atoms with E-state index in [9.17, 15) is 4.79 Å². The molecular formula is C27H23ClN2O2. The summed E-state index contributed by atoms with van der Waals surface area (Å²) in [5, 5.41) is 9.62. The van der Waals surface area contributed by atoms with Crippen LogP contribution in [0.1, 0.15) is 41.2 Å². The Kier molecular flexibility index (Phi) is 6.24. The Bertz CT molecular complexity index is 1350. The van der Waals surface area contributed by atoms with Gasteiger partial charge in [0.25, 0.3) is 0 Å². The van der Waals surface area contributed by atoms with Crippen LogP contribution in [0.15, 0.2) is 79.3 Å². The van der Waals surface area contributed by atoms with Gasteiger partial charge in [-0.3, -0.25) is 0 Å². The predicted octanol–water partition coefficient (Wildman–Crippen LogP) is 6.76.